The molecule has 0 spiro atoms. The van der Waals surface area contributed by atoms with Crippen molar-refractivity contribution in [2.45, 2.75) is 64.7 Å². The zero-order valence-corrected chi connectivity index (χ0v) is 20.3. The molecule has 1 rings (SSSR count). The van der Waals surface area contributed by atoms with Gasteiger partial charge in [-0.15, -0.1) is 0 Å². The minimum Gasteiger partial charge on any atom is -0.508 e. The topological polar surface area (TPSA) is 214 Å². The van der Waals surface area contributed by atoms with Gasteiger partial charge in [0, 0.05) is 6.42 Å². The van der Waals surface area contributed by atoms with E-state index in [9.17, 15) is 34.2 Å². The monoisotopic (exact) mass is 493 g/mol. The first kappa shape index (κ1) is 29.4. The fourth-order valence-corrected chi connectivity index (χ4v) is 3.10. The zero-order valence-electron chi connectivity index (χ0n) is 20.3. The van der Waals surface area contributed by atoms with Crippen molar-refractivity contribution in [3.05, 3.63) is 29.8 Å². The van der Waals surface area contributed by atoms with Gasteiger partial charge in [-0.05, 0) is 29.5 Å². The van der Waals surface area contributed by atoms with Gasteiger partial charge in [-0.2, -0.15) is 0 Å². The molecule has 0 aliphatic heterocycles. The number of carboxylic acids is 1. The quantitative estimate of drug-likeness (QED) is 0.180. The lowest BCUT2D eigenvalue weighted by molar-refractivity contribution is -0.143. The molecule has 0 radical (unpaired) electrons. The minimum atomic E-state index is -1.59. The molecular weight excluding hydrogens is 458 g/mol. The highest BCUT2D eigenvalue weighted by Gasteiger charge is 2.32. The van der Waals surface area contributed by atoms with Gasteiger partial charge in [-0.1, -0.05) is 39.8 Å². The molecular formula is C23H35N5O7. The normalized spacial score (nSPS) is 14.5. The van der Waals surface area contributed by atoms with E-state index in [1.54, 1.807) is 27.7 Å². The highest BCUT2D eigenvalue weighted by molar-refractivity contribution is 5.95. The van der Waals surface area contributed by atoms with Gasteiger partial charge in [-0.25, -0.2) is 4.79 Å². The molecule has 0 aliphatic rings. The lowest BCUT2D eigenvalue weighted by Gasteiger charge is -2.27. The summed E-state index contributed by atoms with van der Waals surface area (Å²) < 4.78 is 0. The van der Waals surface area contributed by atoms with E-state index >= 15 is 0 Å². The van der Waals surface area contributed by atoms with E-state index in [0.29, 0.717) is 5.56 Å². The van der Waals surface area contributed by atoms with Crippen LogP contribution < -0.4 is 27.4 Å². The molecule has 1 aromatic carbocycles. The number of carbonyl (C=O) groups is 5. The summed E-state index contributed by atoms with van der Waals surface area (Å²) in [5, 5.41) is 26.2. The predicted molar refractivity (Wildman–Crippen MR) is 127 cm³/mol. The van der Waals surface area contributed by atoms with Gasteiger partial charge >= 0.3 is 5.97 Å². The van der Waals surface area contributed by atoms with Gasteiger partial charge in [0.2, 0.25) is 23.6 Å². The Kier molecular flexibility index (Phi) is 11.1. The number of hydrogen-bond donors (Lipinski definition) is 7. The van der Waals surface area contributed by atoms with Crippen LogP contribution in [-0.4, -0.2) is 64.0 Å². The van der Waals surface area contributed by atoms with E-state index in [2.05, 4.69) is 16.0 Å². The molecule has 0 saturated carbocycles. The van der Waals surface area contributed by atoms with E-state index < -0.39 is 60.2 Å². The summed E-state index contributed by atoms with van der Waals surface area (Å²) in [4.78, 5) is 61.1. The van der Waals surface area contributed by atoms with Crippen molar-refractivity contribution in [3.8, 4) is 5.75 Å². The van der Waals surface area contributed by atoms with Gasteiger partial charge in [0.05, 0.1) is 12.5 Å². The van der Waals surface area contributed by atoms with Gasteiger partial charge in [0.1, 0.15) is 23.9 Å². The Hall–Kier alpha value is -3.67. The molecule has 0 fully saturated rings. The Balaban J connectivity index is 3.16. The van der Waals surface area contributed by atoms with Crippen LogP contribution in [0.25, 0.3) is 0 Å². The Bertz CT molecular complexity index is 917. The fraction of sp³-hybridized carbons (Fsp3) is 0.522. The van der Waals surface area contributed by atoms with E-state index in [0.717, 1.165) is 0 Å². The molecule has 0 bridgehead atoms. The van der Waals surface area contributed by atoms with Crippen molar-refractivity contribution in [1.29, 1.82) is 0 Å². The molecule has 0 saturated heterocycles. The average molecular weight is 494 g/mol. The maximum Gasteiger partial charge on any atom is 0.326 e. The lowest BCUT2D eigenvalue weighted by atomic mass is 9.99. The number of rotatable bonds is 13. The second kappa shape index (κ2) is 13.3. The first-order valence-corrected chi connectivity index (χ1v) is 11.2. The summed E-state index contributed by atoms with van der Waals surface area (Å²) >= 11 is 0. The molecule has 0 heterocycles. The van der Waals surface area contributed by atoms with Crippen molar-refractivity contribution in [1.82, 2.24) is 16.0 Å². The first-order chi connectivity index (χ1) is 16.2. The maximum atomic E-state index is 13.1. The molecule has 4 amide bonds. The van der Waals surface area contributed by atoms with Crippen LogP contribution >= 0.6 is 0 Å². The van der Waals surface area contributed by atoms with E-state index in [1.165, 1.54) is 24.3 Å². The molecule has 9 N–H and O–H groups in total. The van der Waals surface area contributed by atoms with Gasteiger partial charge in [-0.3, -0.25) is 19.2 Å². The molecule has 12 nitrogen and oxygen atoms in total. The number of amides is 4. The number of hydrogen-bond acceptors (Lipinski definition) is 7. The Labute approximate surface area is 203 Å². The standard InChI is InChI=1S/C23H35N5O7/c1-11(2)18(25)21(32)28-19(12(3)4)22(33)26-15(9-13-5-7-14(29)8-6-13)20(31)27-16(23(34)35)10-17(24)30/h5-8,11-12,15-16,18-19,29H,9-10,25H2,1-4H3,(H2,24,30)(H,26,33)(H,27,31)(H,28,32)(H,34,35). The van der Waals surface area contributed by atoms with Crippen molar-refractivity contribution < 1.29 is 34.2 Å². The van der Waals surface area contributed by atoms with Crippen LogP contribution in [-0.2, 0) is 30.4 Å². The lowest BCUT2D eigenvalue weighted by Crippen LogP contribution is -2.59. The molecule has 4 atom stereocenters. The van der Waals surface area contributed by atoms with Crippen LogP contribution in [0.2, 0.25) is 0 Å². The summed E-state index contributed by atoms with van der Waals surface area (Å²) in [6.45, 7) is 6.93. The second-order valence-electron chi connectivity index (χ2n) is 9.00. The fourth-order valence-electron chi connectivity index (χ4n) is 3.10. The minimum absolute atomic E-state index is 0.00439. The van der Waals surface area contributed by atoms with Crippen molar-refractivity contribution in [3.63, 3.8) is 0 Å². The largest absolute Gasteiger partial charge is 0.508 e. The first-order valence-electron chi connectivity index (χ1n) is 11.2. The van der Waals surface area contributed by atoms with Crippen LogP contribution in [0.1, 0.15) is 39.7 Å². The maximum absolute atomic E-state index is 13.1. The average Bonchev–Trinajstić information content (AvgIpc) is 2.76. The number of aromatic hydroxyl groups is 1. The highest BCUT2D eigenvalue weighted by atomic mass is 16.4. The molecule has 0 aliphatic carbocycles. The number of phenolic OH excluding ortho intramolecular Hbond substituents is 1. The van der Waals surface area contributed by atoms with Crippen LogP contribution in [0.3, 0.4) is 0 Å². The SMILES string of the molecule is CC(C)C(N)C(=O)NC(C(=O)NC(Cc1ccc(O)cc1)C(=O)NC(CC(N)=O)C(=O)O)C(C)C. The number of aliphatic carboxylic acids is 1. The summed E-state index contributed by atoms with van der Waals surface area (Å²) in [5.74, 6) is -5.01. The molecule has 1 aromatic rings. The number of nitrogens with two attached hydrogens (primary N) is 2. The van der Waals surface area contributed by atoms with Gasteiger partial charge in [0.25, 0.3) is 0 Å². The Morgan fingerprint density at radius 2 is 1.37 bits per heavy atom. The third kappa shape index (κ3) is 9.61. The highest BCUT2D eigenvalue weighted by Crippen LogP contribution is 2.13. The number of carboxylic acid groups (broad SMARTS) is 1. The smallest absolute Gasteiger partial charge is 0.326 e. The number of phenols is 1. The van der Waals surface area contributed by atoms with E-state index in [-0.39, 0.29) is 24.0 Å². The van der Waals surface area contributed by atoms with Crippen molar-refractivity contribution in [2.75, 3.05) is 0 Å². The summed E-state index contributed by atoms with van der Waals surface area (Å²) in [5.41, 5.74) is 11.5. The zero-order chi connectivity index (χ0) is 26.9. The molecule has 35 heavy (non-hydrogen) atoms. The third-order valence-corrected chi connectivity index (χ3v) is 5.30. The molecule has 12 heteroatoms. The van der Waals surface area contributed by atoms with Gasteiger partial charge < -0.3 is 37.6 Å². The number of benzene rings is 1. The molecule has 194 valence electrons. The summed E-state index contributed by atoms with van der Waals surface area (Å²) in [7, 11) is 0. The number of carbonyl (C=O) groups excluding carboxylic acids is 4. The predicted octanol–water partition coefficient (Wildman–Crippen LogP) is -1.01. The number of primary amides is 1. The van der Waals surface area contributed by atoms with Crippen molar-refractivity contribution in [2.24, 2.45) is 23.3 Å². The van der Waals surface area contributed by atoms with E-state index in [4.69, 9.17) is 11.5 Å². The van der Waals surface area contributed by atoms with Gasteiger partial charge in [0.15, 0.2) is 0 Å². The Morgan fingerprint density at radius 1 is 0.829 bits per heavy atom. The number of nitrogens with one attached hydrogen (secondary N) is 3. The van der Waals surface area contributed by atoms with Crippen LogP contribution in [0.4, 0.5) is 0 Å². The molecule has 4 unspecified atom stereocenters. The summed E-state index contributed by atoms with van der Waals surface area (Å²) in [6, 6.07) is 1.12. The van der Waals surface area contributed by atoms with E-state index in [1.807, 2.05) is 0 Å². The second-order valence-corrected chi connectivity index (χ2v) is 9.00. The van der Waals surface area contributed by atoms with Crippen LogP contribution in [0.5, 0.6) is 5.75 Å². The summed E-state index contributed by atoms with van der Waals surface area (Å²) in [6.07, 6.45) is -0.705. The van der Waals surface area contributed by atoms with Crippen molar-refractivity contribution >= 4 is 29.6 Å². The third-order valence-electron chi connectivity index (χ3n) is 5.30. The van der Waals surface area contributed by atoms with Crippen LogP contribution in [0, 0.1) is 11.8 Å². The molecule has 0 aromatic heterocycles. The Morgan fingerprint density at radius 3 is 1.83 bits per heavy atom. The van der Waals surface area contributed by atoms with Crippen LogP contribution in [0.15, 0.2) is 24.3 Å².